The lowest BCUT2D eigenvalue weighted by molar-refractivity contribution is -0.137. The highest BCUT2D eigenvalue weighted by Crippen LogP contribution is 2.63. The van der Waals surface area contributed by atoms with Crippen LogP contribution in [-0.4, -0.2) is 6.71 Å². The molecule has 1 aromatic heterocycles. The van der Waals surface area contributed by atoms with E-state index in [0.29, 0.717) is 17.0 Å². The zero-order chi connectivity index (χ0) is 45.5. The first kappa shape index (κ1) is 40.8. The third kappa shape index (κ3) is 5.50. The summed E-state index contributed by atoms with van der Waals surface area (Å²) in [5.41, 5.74) is 16.1. The number of para-hydroxylation sites is 1. The van der Waals surface area contributed by atoms with Crippen LogP contribution in [0.2, 0.25) is 0 Å². The molecule has 0 N–H and O–H groups in total. The molecule has 3 aliphatic heterocycles. The van der Waals surface area contributed by atoms with Gasteiger partial charge in [0.15, 0.2) is 0 Å². The number of hydrogen-bond acceptors (Lipinski definition) is 3. The number of nitrogens with zero attached hydrogens (tertiary/aromatic N) is 2. The Morgan fingerprint density at radius 3 is 1.85 bits per heavy atom. The summed E-state index contributed by atoms with van der Waals surface area (Å²) < 4.78 is 55.1. The number of anilines is 6. The van der Waals surface area contributed by atoms with E-state index in [-0.39, 0.29) is 27.1 Å². The van der Waals surface area contributed by atoms with Crippen LogP contribution in [-0.2, 0) is 33.3 Å². The SMILES string of the molecule is CC(C)(C)c1ccc(N2c3cc(C(F)(F)F)cc4c3B(c3ccc5c6c3N4c3cc4c(cc3C6(C)CCC5(C)C)C(C)(C)CCC4(C)C)c3oc4ccccc4c32)c(-c2ccccc2)c1. The number of benzene rings is 6. The summed E-state index contributed by atoms with van der Waals surface area (Å²) in [4.78, 5) is 4.39. The van der Waals surface area contributed by atoms with Crippen molar-refractivity contribution in [1.82, 2.24) is 0 Å². The van der Waals surface area contributed by atoms with Crippen molar-refractivity contribution in [3.05, 3.63) is 148 Å². The molecule has 7 heteroatoms. The Labute approximate surface area is 381 Å². The Kier molecular flexibility index (Phi) is 8.04. The van der Waals surface area contributed by atoms with Gasteiger partial charge in [0.1, 0.15) is 5.58 Å². The smallest absolute Gasteiger partial charge is 0.416 e. The third-order valence-electron chi connectivity index (χ3n) is 16.6. The largest absolute Gasteiger partial charge is 0.468 e. The molecule has 7 aromatic rings. The number of halogens is 3. The fraction of sp³-hybridized carbons (Fsp3) is 0.345. The van der Waals surface area contributed by atoms with E-state index in [4.69, 9.17) is 4.42 Å². The molecular formula is C58H56BF3N2O. The van der Waals surface area contributed by atoms with Crippen molar-refractivity contribution in [1.29, 1.82) is 0 Å². The second-order valence-corrected chi connectivity index (χ2v) is 23.0. The van der Waals surface area contributed by atoms with Gasteiger partial charge in [-0.3, -0.25) is 0 Å². The topological polar surface area (TPSA) is 19.6 Å². The molecule has 2 aliphatic carbocycles. The summed E-state index contributed by atoms with van der Waals surface area (Å²) in [6.07, 6.45) is -0.577. The maximum atomic E-state index is 16.0. The van der Waals surface area contributed by atoms with E-state index < -0.39 is 18.5 Å². The maximum absolute atomic E-state index is 16.0. The second kappa shape index (κ2) is 12.8. The number of fused-ring (bicyclic) bond motifs is 10. The summed E-state index contributed by atoms with van der Waals surface area (Å²) in [5.74, 6) is 0. The molecule has 65 heavy (non-hydrogen) atoms. The second-order valence-electron chi connectivity index (χ2n) is 23.0. The standard InChI is InChI=1S/C58H56BF3N2O/c1-53(2,3)34-20-23-43(37(28-34)33-16-12-11-13-17-33)63-45-29-35(58(60,61)62)30-46-49(45)59(52-50(63)36-18-14-15-19-47(36)65-52)42-22-21-38-48-51(42)64(46)44-32-40-39(55(6,7)24-25-56(40,8)9)31-41(44)57(48,10)27-26-54(38,4)5/h11-23,28-32H,24-27H2,1-10H3. The van der Waals surface area contributed by atoms with E-state index in [1.165, 1.54) is 39.9 Å². The van der Waals surface area contributed by atoms with Crippen molar-refractivity contribution >= 4 is 68.4 Å². The van der Waals surface area contributed by atoms with Crippen LogP contribution in [0.3, 0.4) is 0 Å². The molecular weight excluding hydrogens is 808 g/mol. The lowest BCUT2D eigenvalue weighted by Gasteiger charge is -2.55. The van der Waals surface area contributed by atoms with Crippen molar-refractivity contribution in [2.24, 2.45) is 0 Å². The number of furan rings is 1. The van der Waals surface area contributed by atoms with Crippen LogP contribution in [0.4, 0.5) is 47.3 Å². The molecule has 6 aromatic carbocycles. The summed E-state index contributed by atoms with van der Waals surface area (Å²) >= 11 is 0. The molecule has 0 amide bonds. The molecule has 12 rings (SSSR count). The molecule has 0 spiro atoms. The summed E-state index contributed by atoms with van der Waals surface area (Å²) in [6, 6.07) is 37.2. The van der Waals surface area contributed by atoms with Gasteiger partial charge in [-0.2, -0.15) is 13.2 Å². The molecule has 0 bridgehead atoms. The Bertz CT molecular complexity index is 3200. The van der Waals surface area contributed by atoms with Crippen LogP contribution in [0.15, 0.2) is 114 Å². The number of alkyl halides is 3. The molecule has 1 unspecified atom stereocenters. The van der Waals surface area contributed by atoms with E-state index >= 15 is 13.2 Å². The molecule has 0 fully saturated rings. The maximum Gasteiger partial charge on any atom is 0.416 e. The predicted octanol–water partition coefficient (Wildman–Crippen LogP) is 14.5. The van der Waals surface area contributed by atoms with Gasteiger partial charge in [0.25, 0.3) is 6.71 Å². The summed E-state index contributed by atoms with van der Waals surface area (Å²) in [5, 5.41) is 0.868. The average molecular weight is 865 g/mol. The molecule has 0 saturated carbocycles. The Morgan fingerprint density at radius 1 is 0.554 bits per heavy atom. The summed E-state index contributed by atoms with van der Waals surface area (Å²) in [7, 11) is 0. The van der Waals surface area contributed by atoms with E-state index in [2.05, 4.69) is 140 Å². The van der Waals surface area contributed by atoms with Crippen LogP contribution < -0.4 is 26.4 Å². The molecule has 3 nitrogen and oxygen atoms in total. The van der Waals surface area contributed by atoms with Crippen molar-refractivity contribution in [2.75, 3.05) is 9.80 Å². The van der Waals surface area contributed by atoms with Gasteiger partial charge in [-0.15, -0.1) is 0 Å². The van der Waals surface area contributed by atoms with Gasteiger partial charge in [0.05, 0.1) is 28.3 Å². The van der Waals surface area contributed by atoms with Crippen LogP contribution in [0.1, 0.15) is 134 Å². The Morgan fingerprint density at radius 2 is 1.17 bits per heavy atom. The highest BCUT2D eigenvalue weighted by atomic mass is 19.4. The highest BCUT2D eigenvalue weighted by molar-refractivity contribution is 7.00. The van der Waals surface area contributed by atoms with E-state index in [9.17, 15) is 0 Å². The van der Waals surface area contributed by atoms with Crippen molar-refractivity contribution in [3.63, 3.8) is 0 Å². The van der Waals surface area contributed by atoms with Crippen LogP contribution >= 0.6 is 0 Å². The quantitative estimate of drug-likeness (QED) is 0.161. The molecule has 4 heterocycles. The van der Waals surface area contributed by atoms with E-state index in [1.807, 2.05) is 36.4 Å². The normalized spacial score (nSPS) is 20.5. The van der Waals surface area contributed by atoms with E-state index in [1.54, 1.807) is 0 Å². The average Bonchev–Trinajstić information content (AvgIpc) is 3.64. The van der Waals surface area contributed by atoms with Crippen molar-refractivity contribution in [3.8, 4) is 11.1 Å². The van der Waals surface area contributed by atoms with Gasteiger partial charge in [-0.05, 0) is 140 Å². The third-order valence-corrected chi connectivity index (χ3v) is 16.6. The fourth-order valence-corrected chi connectivity index (χ4v) is 12.7. The predicted molar refractivity (Wildman–Crippen MR) is 263 cm³/mol. The number of rotatable bonds is 2. The van der Waals surface area contributed by atoms with Crippen molar-refractivity contribution < 1.29 is 17.6 Å². The van der Waals surface area contributed by atoms with Gasteiger partial charge >= 0.3 is 6.18 Å². The summed E-state index contributed by atoms with van der Waals surface area (Å²) in [6.45, 7) is 22.6. The number of hydrogen-bond donors (Lipinski definition) is 0. The minimum Gasteiger partial charge on any atom is -0.468 e. The van der Waals surface area contributed by atoms with Crippen molar-refractivity contribution in [2.45, 2.75) is 128 Å². The molecule has 328 valence electrons. The van der Waals surface area contributed by atoms with Gasteiger partial charge in [-0.25, -0.2) is 0 Å². The minimum absolute atomic E-state index is 0.0469. The van der Waals surface area contributed by atoms with Gasteiger partial charge in [0.2, 0.25) is 0 Å². The Hall–Kier alpha value is -5.69. The van der Waals surface area contributed by atoms with E-state index in [0.717, 1.165) is 87.1 Å². The molecule has 5 aliphatic rings. The first-order chi connectivity index (χ1) is 30.6. The molecule has 0 radical (unpaired) electrons. The van der Waals surface area contributed by atoms with Crippen LogP contribution in [0, 0.1) is 0 Å². The fourth-order valence-electron chi connectivity index (χ4n) is 12.7. The van der Waals surface area contributed by atoms with Crippen LogP contribution in [0.25, 0.3) is 22.1 Å². The molecule has 1 atom stereocenters. The van der Waals surface area contributed by atoms with Gasteiger partial charge in [0, 0.05) is 33.4 Å². The zero-order valence-corrected chi connectivity index (χ0v) is 39.2. The van der Waals surface area contributed by atoms with Gasteiger partial charge < -0.3 is 14.2 Å². The minimum atomic E-state index is -4.63. The lowest BCUT2D eigenvalue weighted by Crippen LogP contribution is -2.62. The highest BCUT2D eigenvalue weighted by Gasteiger charge is 2.56. The first-order valence-electron chi connectivity index (χ1n) is 23.5. The molecule has 0 saturated heterocycles. The van der Waals surface area contributed by atoms with Gasteiger partial charge in [-0.1, -0.05) is 136 Å². The monoisotopic (exact) mass is 864 g/mol. The Balaban J connectivity index is 1.25. The van der Waals surface area contributed by atoms with Crippen LogP contribution in [0.5, 0.6) is 0 Å². The zero-order valence-electron chi connectivity index (χ0n) is 39.2. The first-order valence-corrected chi connectivity index (χ1v) is 23.5. The lowest BCUT2D eigenvalue weighted by atomic mass is 9.34.